The summed E-state index contributed by atoms with van der Waals surface area (Å²) in [7, 11) is 3.66. The fraction of sp³-hybridized carbons (Fsp3) is 0.188. The monoisotopic (exact) mass is 267 g/mol. The number of nitrogens with zero attached hydrogens (tertiary/aromatic N) is 2. The van der Waals surface area contributed by atoms with Gasteiger partial charge in [-0.1, -0.05) is 11.6 Å². The SMILES string of the molecule is COc1ccc2c(c1)nc(-c1cc(C)ccc1N)n2C. The average molecular weight is 267 g/mol. The van der Waals surface area contributed by atoms with E-state index >= 15 is 0 Å². The molecule has 4 heteroatoms. The number of fused-ring (bicyclic) bond motifs is 1. The first kappa shape index (κ1) is 12.5. The maximum absolute atomic E-state index is 6.09. The third-order valence-electron chi connectivity index (χ3n) is 3.54. The first-order chi connectivity index (χ1) is 9.60. The Bertz CT molecular complexity index is 790. The van der Waals surface area contributed by atoms with Gasteiger partial charge in [-0.25, -0.2) is 4.98 Å². The van der Waals surface area contributed by atoms with Gasteiger partial charge in [0, 0.05) is 24.4 Å². The Balaban J connectivity index is 2.26. The highest BCUT2D eigenvalue weighted by molar-refractivity contribution is 5.84. The normalized spacial score (nSPS) is 10.9. The number of nitrogens with two attached hydrogens (primary N) is 1. The predicted octanol–water partition coefficient (Wildman–Crippen LogP) is 3.14. The van der Waals surface area contributed by atoms with Crippen LogP contribution in [0.2, 0.25) is 0 Å². The molecule has 0 unspecified atom stereocenters. The zero-order chi connectivity index (χ0) is 14.3. The molecule has 102 valence electrons. The zero-order valence-corrected chi connectivity index (χ0v) is 11.8. The van der Waals surface area contributed by atoms with Crippen LogP contribution in [-0.4, -0.2) is 16.7 Å². The molecule has 0 aliphatic heterocycles. The van der Waals surface area contributed by atoms with Crippen molar-refractivity contribution in [3.63, 3.8) is 0 Å². The molecule has 4 nitrogen and oxygen atoms in total. The molecule has 0 radical (unpaired) electrons. The summed E-state index contributed by atoms with van der Waals surface area (Å²) < 4.78 is 7.30. The molecule has 2 aromatic carbocycles. The average Bonchev–Trinajstić information content (AvgIpc) is 2.78. The van der Waals surface area contributed by atoms with E-state index in [1.165, 1.54) is 5.56 Å². The van der Waals surface area contributed by atoms with Gasteiger partial charge in [0.15, 0.2) is 0 Å². The Labute approximate surface area is 117 Å². The second-order valence-electron chi connectivity index (χ2n) is 4.94. The lowest BCUT2D eigenvalue weighted by Gasteiger charge is -2.07. The maximum atomic E-state index is 6.09. The number of methoxy groups -OCH3 is 1. The summed E-state index contributed by atoms with van der Waals surface area (Å²) in [6.07, 6.45) is 0. The smallest absolute Gasteiger partial charge is 0.142 e. The summed E-state index contributed by atoms with van der Waals surface area (Å²) in [5, 5.41) is 0. The van der Waals surface area contributed by atoms with Gasteiger partial charge in [0.2, 0.25) is 0 Å². The minimum Gasteiger partial charge on any atom is -0.497 e. The Morgan fingerprint density at radius 3 is 2.70 bits per heavy atom. The van der Waals surface area contributed by atoms with Crippen molar-refractivity contribution in [3.8, 4) is 17.1 Å². The van der Waals surface area contributed by atoms with E-state index in [-0.39, 0.29) is 0 Å². The molecule has 0 saturated heterocycles. The summed E-state index contributed by atoms with van der Waals surface area (Å²) in [4.78, 5) is 4.70. The van der Waals surface area contributed by atoms with Crippen LogP contribution < -0.4 is 10.5 Å². The number of hydrogen-bond donors (Lipinski definition) is 1. The van der Waals surface area contributed by atoms with E-state index in [0.717, 1.165) is 33.9 Å². The summed E-state index contributed by atoms with van der Waals surface area (Å²) in [6.45, 7) is 2.05. The Morgan fingerprint density at radius 1 is 1.15 bits per heavy atom. The van der Waals surface area contributed by atoms with Crippen LogP contribution in [0.5, 0.6) is 5.75 Å². The Hall–Kier alpha value is -2.49. The van der Waals surface area contributed by atoms with Crippen LogP contribution in [0.1, 0.15) is 5.56 Å². The number of hydrogen-bond acceptors (Lipinski definition) is 3. The maximum Gasteiger partial charge on any atom is 0.142 e. The molecule has 0 atom stereocenters. The Kier molecular flexibility index (Phi) is 2.86. The predicted molar refractivity (Wildman–Crippen MR) is 81.9 cm³/mol. The highest BCUT2D eigenvalue weighted by Gasteiger charge is 2.13. The van der Waals surface area contributed by atoms with Gasteiger partial charge in [0.1, 0.15) is 11.6 Å². The second-order valence-corrected chi connectivity index (χ2v) is 4.94. The van der Waals surface area contributed by atoms with E-state index in [9.17, 15) is 0 Å². The van der Waals surface area contributed by atoms with Crippen molar-refractivity contribution in [2.24, 2.45) is 7.05 Å². The molecule has 0 aliphatic rings. The van der Waals surface area contributed by atoms with Gasteiger partial charge in [-0.2, -0.15) is 0 Å². The van der Waals surface area contributed by atoms with Crippen molar-refractivity contribution < 1.29 is 4.74 Å². The lowest BCUT2D eigenvalue weighted by molar-refractivity contribution is 0.415. The molecule has 3 rings (SSSR count). The van der Waals surface area contributed by atoms with Crippen LogP contribution in [0.15, 0.2) is 36.4 Å². The van der Waals surface area contributed by atoms with Crippen molar-refractivity contribution in [3.05, 3.63) is 42.0 Å². The molecule has 1 heterocycles. The van der Waals surface area contributed by atoms with Gasteiger partial charge in [0.25, 0.3) is 0 Å². The minimum atomic E-state index is 0.737. The molecule has 0 fully saturated rings. The number of benzene rings is 2. The van der Waals surface area contributed by atoms with Crippen LogP contribution in [0, 0.1) is 6.92 Å². The number of nitrogen functional groups attached to an aromatic ring is 1. The zero-order valence-electron chi connectivity index (χ0n) is 11.8. The van der Waals surface area contributed by atoms with Crippen LogP contribution >= 0.6 is 0 Å². The van der Waals surface area contributed by atoms with Crippen LogP contribution in [0.3, 0.4) is 0 Å². The summed E-state index contributed by atoms with van der Waals surface area (Å²) in [6, 6.07) is 11.9. The summed E-state index contributed by atoms with van der Waals surface area (Å²) >= 11 is 0. The Morgan fingerprint density at radius 2 is 1.95 bits per heavy atom. The first-order valence-electron chi connectivity index (χ1n) is 6.47. The van der Waals surface area contributed by atoms with E-state index in [1.54, 1.807) is 7.11 Å². The van der Waals surface area contributed by atoms with Crippen molar-refractivity contribution in [1.82, 2.24) is 9.55 Å². The van der Waals surface area contributed by atoms with Gasteiger partial charge >= 0.3 is 0 Å². The highest BCUT2D eigenvalue weighted by Crippen LogP contribution is 2.30. The van der Waals surface area contributed by atoms with Crippen molar-refractivity contribution >= 4 is 16.7 Å². The largest absolute Gasteiger partial charge is 0.497 e. The van der Waals surface area contributed by atoms with E-state index in [2.05, 4.69) is 17.6 Å². The van der Waals surface area contributed by atoms with Gasteiger partial charge in [-0.3, -0.25) is 0 Å². The molecule has 0 bridgehead atoms. The molecule has 20 heavy (non-hydrogen) atoms. The van der Waals surface area contributed by atoms with Crippen LogP contribution in [-0.2, 0) is 7.05 Å². The standard InChI is InChI=1S/C16H17N3O/c1-10-4-6-13(17)12(8-10)16-18-14-9-11(20-3)5-7-15(14)19(16)2/h4-9H,17H2,1-3H3. The summed E-state index contributed by atoms with van der Waals surface area (Å²) in [5.41, 5.74) is 10.9. The molecule has 0 saturated carbocycles. The van der Waals surface area contributed by atoms with Gasteiger partial charge in [-0.05, 0) is 31.2 Å². The van der Waals surface area contributed by atoms with Crippen LogP contribution in [0.25, 0.3) is 22.4 Å². The van der Waals surface area contributed by atoms with Gasteiger partial charge in [-0.15, -0.1) is 0 Å². The molecule has 3 aromatic rings. The van der Waals surface area contributed by atoms with Crippen LogP contribution in [0.4, 0.5) is 5.69 Å². The lowest BCUT2D eigenvalue weighted by Crippen LogP contribution is -1.97. The first-order valence-corrected chi connectivity index (χ1v) is 6.47. The van der Waals surface area contributed by atoms with Gasteiger partial charge < -0.3 is 15.0 Å². The molecule has 1 aromatic heterocycles. The van der Waals surface area contributed by atoms with Crippen molar-refractivity contribution in [1.29, 1.82) is 0 Å². The fourth-order valence-electron chi connectivity index (χ4n) is 2.41. The topological polar surface area (TPSA) is 53.1 Å². The fourth-order valence-corrected chi connectivity index (χ4v) is 2.41. The quantitative estimate of drug-likeness (QED) is 0.726. The summed E-state index contributed by atoms with van der Waals surface area (Å²) in [5.74, 6) is 1.67. The van der Waals surface area contributed by atoms with Crippen molar-refractivity contribution in [2.45, 2.75) is 6.92 Å². The number of rotatable bonds is 2. The third kappa shape index (κ3) is 1.90. The van der Waals surface area contributed by atoms with E-state index in [4.69, 9.17) is 15.5 Å². The minimum absolute atomic E-state index is 0.737. The number of aryl methyl sites for hydroxylation is 2. The van der Waals surface area contributed by atoms with Gasteiger partial charge in [0.05, 0.1) is 18.1 Å². The van der Waals surface area contributed by atoms with Crippen molar-refractivity contribution in [2.75, 3.05) is 12.8 Å². The molecule has 0 amide bonds. The number of ether oxygens (including phenoxy) is 1. The lowest BCUT2D eigenvalue weighted by atomic mass is 10.1. The third-order valence-corrected chi connectivity index (χ3v) is 3.54. The second kappa shape index (κ2) is 4.56. The molecule has 0 spiro atoms. The number of imidazole rings is 1. The van der Waals surface area contributed by atoms with E-state index < -0.39 is 0 Å². The van der Waals surface area contributed by atoms with E-state index in [1.807, 2.05) is 37.4 Å². The number of anilines is 1. The molecule has 2 N–H and O–H groups in total. The highest BCUT2D eigenvalue weighted by atomic mass is 16.5. The molecular formula is C16H17N3O. The molecular weight excluding hydrogens is 250 g/mol. The molecule has 0 aliphatic carbocycles. The number of aromatic nitrogens is 2. The van der Waals surface area contributed by atoms with E-state index in [0.29, 0.717) is 0 Å².